The van der Waals surface area contributed by atoms with Crippen molar-refractivity contribution in [2.75, 3.05) is 14.2 Å². The molecule has 0 aromatic heterocycles. The summed E-state index contributed by atoms with van der Waals surface area (Å²) in [6.45, 7) is 12.5. The van der Waals surface area contributed by atoms with Crippen LogP contribution in [0.15, 0.2) is 30.1 Å². The van der Waals surface area contributed by atoms with E-state index in [4.69, 9.17) is 9.05 Å². The van der Waals surface area contributed by atoms with Crippen LogP contribution in [0.3, 0.4) is 0 Å². The Kier molecular flexibility index (Phi) is 6.86. The Bertz CT molecular complexity index is 660. The van der Waals surface area contributed by atoms with Crippen LogP contribution in [0.4, 0.5) is 0 Å². The van der Waals surface area contributed by atoms with Crippen LogP contribution in [0, 0.1) is 0 Å². The first-order valence-corrected chi connectivity index (χ1v) is 9.90. The molecule has 0 aliphatic heterocycles. The minimum absolute atomic E-state index is 0.175. The van der Waals surface area contributed by atoms with Gasteiger partial charge in [-0.2, -0.15) is 0 Å². The van der Waals surface area contributed by atoms with Crippen LogP contribution < -0.4 is 0 Å². The van der Waals surface area contributed by atoms with Crippen molar-refractivity contribution in [3.63, 3.8) is 0 Å². The number of phenols is 1. The predicted molar refractivity (Wildman–Crippen MR) is 105 cm³/mol. The highest BCUT2D eigenvalue weighted by molar-refractivity contribution is 7.57. The highest BCUT2D eigenvalue weighted by Gasteiger charge is 2.26. The molecule has 0 saturated carbocycles. The molecule has 4 nitrogen and oxygen atoms in total. The minimum atomic E-state index is -3.15. The van der Waals surface area contributed by atoms with Crippen molar-refractivity contribution in [2.45, 2.75) is 52.4 Å². The van der Waals surface area contributed by atoms with Crippen LogP contribution in [-0.4, -0.2) is 19.3 Å². The van der Waals surface area contributed by atoms with Crippen LogP contribution in [0.1, 0.15) is 58.2 Å². The van der Waals surface area contributed by atoms with Crippen LogP contribution in [-0.2, 0) is 24.4 Å². The zero-order valence-electron chi connectivity index (χ0n) is 16.6. The third kappa shape index (κ3) is 5.85. The smallest absolute Gasteiger partial charge is 0.353 e. The maximum Gasteiger partial charge on any atom is 0.353 e. The average molecular weight is 366 g/mol. The van der Waals surface area contributed by atoms with Gasteiger partial charge in [-0.1, -0.05) is 59.8 Å². The second kappa shape index (κ2) is 7.90. The van der Waals surface area contributed by atoms with Gasteiger partial charge >= 0.3 is 7.60 Å². The summed E-state index contributed by atoms with van der Waals surface area (Å²) >= 11 is 0. The molecule has 1 aromatic rings. The van der Waals surface area contributed by atoms with Crippen LogP contribution in [0.5, 0.6) is 5.75 Å². The standard InChI is InChI=1S/C20H31O4P/c1-19(2,3)16-13-15(14-17(18(16)21)20(4,5)6)11-9-10-12-25(22,23-7)24-8/h9-14,21H,1-8H3. The molecule has 0 heterocycles. The van der Waals surface area contributed by atoms with Gasteiger partial charge in [0.1, 0.15) is 5.75 Å². The van der Waals surface area contributed by atoms with Crippen molar-refractivity contribution in [3.05, 3.63) is 46.8 Å². The van der Waals surface area contributed by atoms with E-state index in [9.17, 15) is 9.67 Å². The molecule has 0 atom stereocenters. The maximum absolute atomic E-state index is 12.0. The number of hydrogen-bond acceptors (Lipinski definition) is 4. The molecule has 1 N–H and O–H groups in total. The minimum Gasteiger partial charge on any atom is -0.507 e. The lowest BCUT2D eigenvalue weighted by atomic mass is 9.78. The second-order valence-corrected chi connectivity index (χ2v) is 10.2. The second-order valence-electron chi connectivity index (χ2n) is 8.07. The van der Waals surface area contributed by atoms with Gasteiger partial charge in [-0.15, -0.1) is 0 Å². The summed E-state index contributed by atoms with van der Waals surface area (Å²) in [4.78, 5) is 0. The molecule has 5 heteroatoms. The quantitative estimate of drug-likeness (QED) is 0.513. The number of allylic oxidation sites excluding steroid dienone is 2. The molecule has 0 saturated heterocycles. The fourth-order valence-electron chi connectivity index (χ4n) is 2.41. The third-order valence-electron chi connectivity index (χ3n) is 3.93. The number of aromatic hydroxyl groups is 1. The van der Waals surface area contributed by atoms with E-state index in [1.54, 1.807) is 12.2 Å². The normalized spacial score (nSPS) is 13.9. The molecule has 0 aliphatic carbocycles. The molecule has 1 rings (SSSR count). The number of benzene rings is 1. The molecular formula is C20H31O4P. The summed E-state index contributed by atoms with van der Waals surface area (Å²) in [7, 11) is -0.453. The van der Waals surface area contributed by atoms with Gasteiger partial charge < -0.3 is 14.2 Å². The van der Waals surface area contributed by atoms with Crippen molar-refractivity contribution in [2.24, 2.45) is 0 Å². The van der Waals surface area contributed by atoms with Crippen molar-refractivity contribution in [3.8, 4) is 5.75 Å². The molecule has 0 spiro atoms. The van der Waals surface area contributed by atoms with Gasteiger partial charge in [0.2, 0.25) is 0 Å². The van der Waals surface area contributed by atoms with Gasteiger partial charge in [-0.05, 0) is 28.5 Å². The summed E-state index contributed by atoms with van der Waals surface area (Å²) in [5, 5.41) is 10.7. The van der Waals surface area contributed by atoms with E-state index in [0.717, 1.165) is 16.7 Å². The van der Waals surface area contributed by atoms with Gasteiger partial charge in [0, 0.05) is 31.2 Å². The first kappa shape index (κ1) is 21.7. The Morgan fingerprint density at radius 3 is 1.72 bits per heavy atom. The highest BCUT2D eigenvalue weighted by Crippen LogP contribution is 2.47. The highest BCUT2D eigenvalue weighted by atomic mass is 31.2. The van der Waals surface area contributed by atoms with Crippen molar-refractivity contribution < 1.29 is 18.7 Å². The van der Waals surface area contributed by atoms with E-state index in [1.807, 2.05) is 18.2 Å². The lowest BCUT2D eigenvalue weighted by Gasteiger charge is -2.27. The van der Waals surface area contributed by atoms with E-state index in [1.165, 1.54) is 20.0 Å². The SMILES string of the molecule is COP(=O)(C=CC=Cc1cc(C(C)(C)C)c(O)c(C(C)(C)C)c1)OC. The van der Waals surface area contributed by atoms with E-state index < -0.39 is 7.60 Å². The summed E-state index contributed by atoms with van der Waals surface area (Å²) in [6, 6.07) is 3.97. The van der Waals surface area contributed by atoms with E-state index in [0.29, 0.717) is 5.75 Å². The van der Waals surface area contributed by atoms with E-state index in [-0.39, 0.29) is 10.8 Å². The Labute approximate surface area is 152 Å². The molecule has 140 valence electrons. The first-order valence-electron chi connectivity index (χ1n) is 8.29. The Hall–Kier alpha value is -1.35. The van der Waals surface area contributed by atoms with E-state index in [2.05, 4.69) is 41.5 Å². The van der Waals surface area contributed by atoms with Crippen molar-refractivity contribution in [1.29, 1.82) is 0 Å². The predicted octanol–water partition coefficient (Wildman–Crippen LogP) is 6.00. The van der Waals surface area contributed by atoms with Crippen molar-refractivity contribution in [1.82, 2.24) is 0 Å². The fraction of sp³-hybridized carbons (Fsp3) is 0.500. The lowest BCUT2D eigenvalue weighted by molar-refractivity contribution is 0.286. The Balaban J connectivity index is 3.31. The summed E-state index contributed by atoms with van der Waals surface area (Å²) in [6.07, 6.45) is 5.35. The fourth-order valence-corrected chi connectivity index (χ4v) is 3.12. The number of rotatable bonds is 5. The van der Waals surface area contributed by atoms with Gasteiger partial charge in [0.25, 0.3) is 0 Å². The molecular weight excluding hydrogens is 335 g/mol. The molecule has 0 radical (unpaired) electrons. The van der Waals surface area contributed by atoms with E-state index >= 15 is 0 Å². The molecule has 25 heavy (non-hydrogen) atoms. The summed E-state index contributed by atoms with van der Waals surface area (Å²) < 4.78 is 21.7. The average Bonchev–Trinajstić information content (AvgIpc) is 2.50. The number of hydrogen-bond donors (Lipinski definition) is 1. The monoisotopic (exact) mass is 366 g/mol. The topological polar surface area (TPSA) is 55.8 Å². The van der Waals surface area contributed by atoms with Gasteiger partial charge in [0.05, 0.1) is 0 Å². The van der Waals surface area contributed by atoms with Gasteiger partial charge in [-0.25, -0.2) is 0 Å². The summed E-state index contributed by atoms with van der Waals surface area (Å²) in [5.74, 6) is 1.77. The molecule has 0 aliphatic rings. The molecule has 1 aromatic carbocycles. The largest absolute Gasteiger partial charge is 0.507 e. The Morgan fingerprint density at radius 1 is 0.920 bits per heavy atom. The zero-order valence-corrected chi connectivity index (χ0v) is 17.5. The van der Waals surface area contributed by atoms with Gasteiger partial charge in [-0.3, -0.25) is 4.57 Å². The molecule has 0 bridgehead atoms. The first-order chi connectivity index (χ1) is 11.3. The molecule has 0 amide bonds. The van der Waals surface area contributed by atoms with Crippen molar-refractivity contribution >= 4 is 13.7 Å². The number of phenolic OH excluding ortho intramolecular Hbond substituents is 1. The summed E-state index contributed by atoms with van der Waals surface area (Å²) in [5.41, 5.74) is 2.44. The molecule has 0 unspecified atom stereocenters. The Morgan fingerprint density at radius 2 is 1.36 bits per heavy atom. The van der Waals surface area contributed by atoms with Crippen LogP contribution in [0.2, 0.25) is 0 Å². The molecule has 0 fully saturated rings. The zero-order chi connectivity index (χ0) is 19.5. The van der Waals surface area contributed by atoms with Gasteiger partial charge in [0.15, 0.2) is 0 Å². The lowest BCUT2D eigenvalue weighted by Crippen LogP contribution is -2.17. The van der Waals surface area contributed by atoms with Crippen LogP contribution in [0.25, 0.3) is 6.08 Å². The third-order valence-corrected chi connectivity index (χ3v) is 5.48. The maximum atomic E-state index is 12.0. The van der Waals surface area contributed by atoms with Crippen LogP contribution >= 0.6 is 7.60 Å².